The molecule has 1 aromatic rings. The third kappa shape index (κ3) is 2.59. The molecule has 3 nitrogen and oxygen atoms in total. The van der Waals surface area contributed by atoms with Crippen LogP contribution in [0.1, 0.15) is 49.9 Å². The van der Waals surface area contributed by atoms with Crippen molar-refractivity contribution in [2.75, 3.05) is 6.54 Å². The third-order valence-corrected chi connectivity index (χ3v) is 4.67. The van der Waals surface area contributed by atoms with Crippen LogP contribution >= 0.6 is 0 Å². The van der Waals surface area contributed by atoms with Crippen molar-refractivity contribution in [2.45, 2.75) is 51.7 Å². The first-order valence-corrected chi connectivity index (χ1v) is 7.76. The molecule has 1 amide bonds. The lowest BCUT2D eigenvalue weighted by Crippen LogP contribution is -2.42. The summed E-state index contributed by atoms with van der Waals surface area (Å²) in [5, 5.41) is 3.39. The van der Waals surface area contributed by atoms with Gasteiger partial charge in [0.15, 0.2) is 0 Å². The van der Waals surface area contributed by atoms with Crippen molar-refractivity contribution in [3.63, 3.8) is 0 Å². The zero-order valence-electron chi connectivity index (χ0n) is 12.4. The minimum atomic E-state index is 0.0673. The molecule has 108 valence electrons. The van der Waals surface area contributed by atoms with Crippen LogP contribution in [0.25, 0.3) is 0 Å². The average molecular weight is 272 g/mol. The molecule has 0 spiro atoms. The predicted octanol–water partition coefficient (Wildman–Crippen LogP) is 3.00. The van der Waals surface area contributed by atoms with E-state index < -0.39 is 0 Å². The van der Waals surface area contributed by atoms with Crippen LogP contribution in [0.2, 0.25) is 0 Å². The molecule has 2 aliphatic rings. The quantitative estimate of drug-likeness (QED) is 0.897. The van der Waals surface area contributed by atoms with Gasteiger partial charge in [-0.1, -0.05) is 49.6 Å². The van der Waals surface area contributed by atoms with Crippen LogP contribution < -0.4 is 5.32 Å². The van der Waals surface area contributed by atoms with E-state index in [0.717, 1.165) is 18.8 Å². The second-order valence-corrected chi connectivity index (χ2v) is 6.42. The number of aryl methyl sites for hydroxylation is 1. The second kappa shape index (κ2) is 5.57. The first-order chi connectivity index (χ1) is 9.65. The Morgan fingerprint density at radius 1 is 1.30 bits per heavy atom. The molecule has 0 radical (unpaired) electrons. The maximum absolute atomic E-state index is 12.3. The van der Waals surface area contributed by atoms with Gasteiger partial charge >= 0.3 is 0 Å². The molecule has 20 heavy (non-hydrogen) atoms. The van der Waals surface area contributed by atoms with Crippen molar-refractivity contribution in [2.24, 2.45) is 5.92 Å². The molecule has 3 unspecified atom stereocenters. The van der Waals surface area contributed by atoms with Gasteiger partial charge in [-0.3, -0.25) is 10.1 Å². The lowest BCUT2D eigenvalue weighted by atomic mass is 9.86. The van der Waals surface area contributed by atoms with E-state index in [9.17, 15) is 4.79 Å². The van der Waals surface area contributed by atoms with Crippen molar-refractivity contribution < 1.29 is 4.79 Å². The molecule has 3 heteroatoms. The molecule has 1 heterocycles. The molecule has 1 N–H and O–H groups in total. The van der Waals surface area contributed by atoms with E-state index in [4.69, 9.17) is 0 Å². The van der Waals surface area contributed by atoms with Gasteiger partial charge in [-0.05, 0) is 31.2 Å². The molecule has 1 saturated heterocycles. The van der Waals surface area contributed by atoms with Gasteiger partial charge in [-0.2, -0.15) is 0 Å². The maximum atomic E-state index is 12.3. The van der Waals surface area contributed by atoms with E-state index in [1.54, 1.807) is 0 Å². The summed E-state index contributed by atoms with van der Waals surface area (Å²) in [6, 6.07) is 8.91. The lowest BCUT2D eigenvalue weighted by Gasteiger charge is -2.37. The van der Waals surface area contributed by atoms with E-state index in [1.165, 1.54) is 24.0 Å². The summed E-state index contributed by atoms with van der Waals surface area (Å²) >= 11 is 0. The van der Waals surface area contributed by atoms with Crippen LogP contribution in [0.5, 0.6) is 0 Å². The first kappa shape index (κ1) is 13.6. The molecule has 2 fully saturated rings. The fourth-order valence-corrected chi connectivity index (χ4v) is 3.71. The first-order valence-electron chi connectivity index (χ1n) is 7.76. The highest BCUT2D eigenvalue weighted by atomic mass is 16.2. The van der Waals surface area contributed by atoms with Gasteiger partial charge in [-0.15, -0.1) is 0 Å². The van der Waals surface area contributed by atoms with Gasteiger partial charge < -0.3 is 4.90 Å². The van der Waals surface area contributed by atoms with E-state index >= 15 is 0 Å². The van der Waals surface area contributed by atoms with Crippen molar-refractivity contribution >= 4 is 5.91 Å². The standard InChI is InChI=1S/C17H24N2O/c1-12-5-3-7-14(9-12)17-18-11-16(20)19(17)15-8-4-6-13(2)10-15/h3,5,7,9,13,15,17-18H,4,6,8,10-11H2,1-2H3. The van der Waals surface area contributed by atoms with E-state index in [1.807, 2.05) is 0 Å². The topological polar surface area (TPSA) is 32.3 Å². The number of hydrogen-bond acceptors (Lipinski definition) is 2. The van der Waals surface area contributed by atoms with Gasteiger partial charge in [0.1, 0.15) is 6.17 Å². The van der Waals surface area contributed by atoms with Gasteiger partial charge in [-0.25, -0.2) is 0 Å². The Bertz CT molecular complexity index is 500. The predicted molar refractivity (Wildman–Crippen MR) is 80.2 cm³/mol. The average Bonchev–Trinajstić information content (AvgIpc) is 2.80. The van der Waals surface area contributed by atoms with Crippen LogP contribution in [0.4, 0.5) is 0 Å². The molecule has 0 bridgehead atoms. The number of benzene rings is 1. The summed E-state index contributed by atoms with van der Waals surface area (Å²) in [6.07, 6.45) is 4.92. The Kier molecular flexibility index (Phi) is 3.79. The van der Waals surface area contributed by atoms with Crippen molar-refractivity contribution in [3.8, 4) is 0 Å². The zero-order chi connectivity index (χ0) is 14.1. The molecule has 1 aliphatic carbocycles. The summed E-state index contributed by atoms with van der Waals surface area (Å²) in [7, 11) is 0. The van der Waals surface area contributed by atoms with Crippen LogP contribution in [-0.4, -0.2) is 23.4 Å². The van der Waals surface area contributed by atoms with Crippen LogP contribution in [-0.2, 0) is 4.79 Å². The number of rotatable bonds is 2. The molecule has 1 saturated carbocycles. The monoisotopic (exact) mass is 272 g/mol. The summed E-state index contributed by atoms with van der Waals surface area (Å²) in [4.78, 5) is 14.4. The molecule has 0 aromatic heterocycles. The molecule has 1 aliphatic heterocycles. The molecular formula is C17H24N2O. The summed E-state index contributed by atoms with van der Waals surface area (Å²) < 4.78 is 0. The number of nitrogens with zero attached hydrogens (tertiary/aromatic N) is 1. The Morgan fingerprint density at radius 2 is 2.15 bits per heavy atom. The summed E-state index contributed by atoms with van der Waals surface area (Å²) in [5.41, 5.74) is 2.47. The van der Waals surface area contributed by atoms with Crippen molar-refractivity contribution in [3.05, 3.63) is 35.4 Å². The van der Waals surface area contributed by atoms with Crippen molar-refractivity contribution in [1.29, 1.82) is 0 Å². The smallest absolute Gasteiger partial charge is 0.238 e. The fraction of sp³-hybridized carbons (Fsp3) is 0.588. The number of amides is 1. The largest absolute Gasteiger partial charge is 0.319 e. The van der Waals surface area contributed by atoms with Gasteiger partial charge in [0.2, 0.25) is 5.91 Å². The van der Waals surface area contributed by atoms with Crippen molar-refractivity contribution in [1.82, 2.24) is 10.2 Å². The highest BCUT2D eigenvalue weighted by molar-refractivity contribution is 5.81. The van der Waals surface area contributed by atoms with Crippen LogP contribution in [0.3, 0.4) is 0 Å². The lowest BCUT2D eigenvalue weighted by molar-refractivity contribution is -0.131. The van der Waals surface area contributed by atoms with Gasteiger partial charge in [0.25, 0.3) is 0 Å². The van der Waals surface area contributed by atoms with E-state index in [0.29, 0.717) is 12.6 Å². The minimum Gasteiger partial charge on any atom is -0.319 e. The Labute approximate surface area is 121 Å². The summed E-state index contributed by atoms with van der Waals surface area (Å²) in [5.74, 6) is 0.996. The number of carbonyl (C=O) groups excluding carboxylic acids is 1. The molecule has 1 aromatic carbocycles. The van der Waals surface area contributed by atoms with Crippen LogP contribution in [0, 0.1) is 12.8 Å². The number of nitrogens with one attached hydrogen (secondary N) is 1. The van der Waals surface area contributed by atoms with Gasteiger partial charge in [0.05, 0.1) is 6.54 Å². The van der Waals surface area contributed by atoms with Crippen LogP contribution in [0.15, 0.2) is 24.3 Å². The van der Waals surface area contributed by atoms with E-state index in [-0.39, 0.29) is 12.1 Å². The number of hydrogen-bond donors (Lipinski definition) is 1. The minimum absolute atomic E-state index is 0.0673. The Hall–Kier alpha value is -1.35. The second-order valence-electron chi connectivity index (χ2n) is 6.42. The maximum Gasteiger partial charge on any atom is 0.238 e. The molecule has 3 atom stereocenters. The highest BCUT2D eigenvalue weighted by Crippen LogP contribution is 2.34. The Balaban J connectivity index is 1.85. The normalized spacial score (nSPS) is 30.8. The fourth-order valence-electron chi connectivity index (χ4n) is 3.71. The zero-order valence-corrected chi connectivity index (χ0v) is 12.4. The molecule has 3 rings (SSSR count). The number of carbonyl (C=O) groups is 1. The Morgan fingerprint density at radius 3 is 2.90 bits per heavy atom. The molecular weight excluding hydrogens is 248 g/mol. The van der Waals surface area contributed by atoms with Gasteiger partial charge in [0, 0.05) is 6.04 Å². The SMILES string of the molecule is Cc1cccc(C2NCC(=O)N2C2CCCC(C)C2)c1. The van der Waals surface area contributed by atoms with E-state index in [2.05, 4.69) is 48.3 Å². The summed E-state index contributed by atoms with van der Waals surface area (Å²) in [6.45, 7) is 4.89. The highest BCUT2D eigenvalue weighted by Gasteiger charge is 2.38. The third-order valence-electron chi connectivity index (χ3n) is 4.67.